The number of aromatic nitrogens is 2. The molecule has 0 N–H and O–H groups in total. The molecule has 0 aliphatic carbocycles. The molecular weight excluding hydrogens is 453 g/mol. The van der Waals surface area contributed by atoms with Gasteiger partial charge >= 0.3 is 0 Å². The molecule has 6 nitrogen and oxygen atoms in total. The summed E-state index contributed by atoms with van der Waals surface area (Å²) < 4.78 is 24.8. The van der Waals surface area contributed by atoms with Gasteiger partial charge in [-0.25, -0.2) is 4.39 Å². The van der Waals surface area contributed by atoms with Gasteiger partial charge in [-0.3, -0.25) is 4.79 Å². The van der Waals surface area contributed by atoms with Crippen molar-refractivity contribution in [2.45, 2.75) is 32.2 Å². The Morgan fingerprint density at radius 3 is 2.80 bits per heavy atom. The van der Waals surface area contributed by atoms with Gasteiger partial charge in [-0.05, 0) is 58.2 Å². The van der Waals surface area contributed by atoms with Gasteiger partial charge in [0.25, 0.3) is 0 Å². The number of amides is 1. The Morgan fingerprint density at radius 2 is 2.07 bits per heavy atom. The largest absolute Gasteiger partial charge is 0.494 e. The lowest BCUT2D eigenvalue weighted by molar-refractivity contribution is -0.128. The van der Waals surface area contributed by atoms with Gasteiger partial charge < -0.3 is 14.2 Å². The maximum atomic E-state index is 13.4. The number of nitrogens with zero attached hydrogens (tertiary/aromatic N) is 3. The molecule has 1 aliphatic rings. The molecule has 4 rings (SSSR count). The van der Waals surface area contributed by atoms with Crippen LogP contribution in [0.3, 0.4) is 0 Å². The highest BCUT2D eigenvalue weighted by Gasteiger charge is 2.34. The molecule has 2 heterocycles. The van der Waals surface area contributed by atoms with E-state index < -0.39 is 0 Å². The molecule has 3 aromatic rings. The van der Waals surface area contributed by atoms with Gasteiger partial charge in [0.2, 0.25) is 17.6 Å². The lowest BCUT2D eigenvalue weighted by Gasteiger charge is -2.16. The number of carbonyl (C=O) groups is 1. The molecular formula is C22H21BrFN3O3. The smallest absolute Gasteiger partial charge is 0.232 e. The summed E-state index contributed by atoms with van der Waals surface area (Å²) in [6.45, 7) is 3.79. The van der Waals surface area contributed by atoms with Crippen molar-refractivity contribution in [2.75, 3.05) is 13.2 Å². The molecule has 1 fully saturated rings. The molecule has 0 spiro atoms. The number of benzene rings is 2. The number of halogens is 2. The Kier molecular flexibility index (Phi) is 6.13. The highest BCUT2D eigenvalue weighted by molar-refractivity contribution is 9.10. The number of likely N-dealkylation sites (tertiary alicyclic amines) is 1. The molecule has 8 heteroatoms. The molecule has 0 saturated carbocycles. The maximum Gasteiger partial charge on any atom is 0.232 e. The van der Waals surface area contributed by atoms with Gasteiger partial charge in [-0.2, -0.15) is 4.98 Å². The summed E-state index contributed by atoms with van der Waals surface area (Å²) in [6, 6.07) is 12.3. The molecule has 1 amide bonds. The zero-order chi connectivity index (χ0) is 21.1. The Balaban J connectivity index is 1.41. The van der Waals surface area contributed by atoms with E-state index in [9.17, 15) is 9.18 Å². The van der Waals surface area contributed by atoms with Gasteiger partial charge in [-0.1, -0.05) is 24.2 Å². The lowest BCUT2D eigenvalue weighted by atomic mass is 10.1. The Hall–Kier alpha value is -2.74. The van der Waals surface area contributed by atoms with Crippen molar-refractivity contribution < 1.29 is 18.4 Å². The molecule has 1 aliphatic heterocycles. The van der Waals surface area contributed by atoms with Crippen molar-refractivity contribution in [1.82, 2.24) is 15.0 Å². The molecule has 1 atom stereocenters. The van der Waals surface area contributed by atoms with E-state index in [0.717, 1.165) is 17.7 Å². The van der Waals surface area contributed by atoms with Crippen molar-refractivity contribution in [3.8, 4) is 17.1 Å². The van der Waals surface area contributed by atoms with Crippen LogP contribution >= 0.6 is 15.9 Å². The first-order chi connectivity index (χ1) is 14.5. The fourth-order valence-corrected chi connectivity index (χ4v) is 3.75. The molecule has 1 aromatic heterocycles. The summed E-state index contributed by atoms with van der Waals surface area (Å²) in [5.41, 5.74) is 1.68. The Morgan fingerprint density at radius 1 is 1.27 bits per heavy atom. The second-order valence-electron chi connectivity index (χ2n) is 7.25. The SMILES string of the molecule is CCCOc1ccc(CN2CC(c3nc(-c4ccc(F)c(Br)c4)no3)CC2=O)cc1. The first kappa shape index (κ1) is 20.5. The fraction of sp³-hybridized carbons (Fsp3) is 0.318. The Bertz CT molecular complexity index is 1040. The van der Waals surface area contributed by atoms with Gasteiger partial charge in [0.1, 0.15) is 11.6 Å². The highest BCUT2D eigenvalue weighted by Crippen LogP contribution is 2.30. The second kappa shape index (κ2) is 8.95. The molecule has 0 bridgehead atoms. The third-order valence-electron chi connectivity index (χ3n) is 4.95. The summed E-state index contributed by atoms with van der Waals surface area (Å²) in [7, 11) is 0. The van der Waals surface area contributed by atoms with Crippen molar-refractivity contribution in [2.24, 2.45) is 0 Å². The second-order valence-corrected chi connectivity index (χ2v) is 8.11. The van der Waals surface area contributed by atoms with Crippen LogP contribution in [0.4, 0.5) is 4.39 Å². The monoisotopic (exact) mass is 473 g/mol. The number of hydrogen-bond donors (Lipinski definition) is 0. The summed E-state index contributed by atoms with van der Waals surface area (Å²) in [4.78, 5) is 18.7. The van der Waals surface area contributed by atoms with Gasteiger partial charge in [-0.15, -0.1) is 0 Å². The van der Waals surface area contributed by atoms with Crippen LogP contribution < -0.4 is 4.74 Å². The highest BCUT2D eigenvalue weighted by atomic mass is 79.9. The van der Waals surface area contributed by atoms with E-state index in [2.05, 4.69) is 33.0 Å². The topological polar surface area (TPSA) is 68.5 Å². The van der Waals surface area contributed by atoms with Crippen molar-refractivity contribution in [3.63, 3.8) is 0 Å². The van der Waals surface area contributed by atoms with Crippen LogP contribution in [0.15, 0.2) is 51.5 Å². The quantitative estimate of drug-likeness (QED) is 0.485. The van der Waals surface area contributed by atoms with E-state index >= 15 is 0 Å². The molecule has 1 saturated heterocycles. The molecule has 1 unspecified atom stereocenters. The van der Waals surface area contributed by atoms with Crippen LogP contribution in [0.1, 0.15) is 37.1 Å². The summed E-state index contributed by atoms with van der Waals surface area (Å²) >= 11 is 3.16. The summed E-state index contributed by atoms with van der Waals surface area (Å²) in [5, 5.41) is 4.00. The van der Waals surface area contributed by atoms with E-state index in [-0.39, 0.29) is 17.6 Å². The van der Waals surface area contributed by atoms with Crippen molar-refractivity contribution >= 4 is 21.8 Å². The first-order valence-corrected chi connectivity index (χ1v) is 10.6. The molecule has 30 heavy (non-hydrogen) atoms. The zero-order valence-corrected chi connectivity index (χ0v) is 18.1. The van der Waals surface area contributed by atoms with E-state index in [1.54, 1.807) is 17.0 Å². The van der Waals surface area contributed by atoms with Gasteiger partial charge in [0.15, 0.2) is 0 Å². The number of rotatable bonds is 7. The van der Waals surface area contributed by atoms with E-state index in [0.29, 0.717) is 47.9 Å². The van der Waals surface area contributed by atoms with Gasteiger partial charge in [0, 0.05) is 25.1 Å². The Labute approximate surface area is 182 Å². The van der Waals surface area contributed by atoms with Crippen LogP contribution in [-0.2, 0) is 11.3 Å². The first-order valence-electron chi connectivity index (χ1n) is 9.82. The fourth-order valence-electron chi connectivity index (χ4n) is 3.38. The normalized spacial score (nSPS) is 16.3. The van der Waals surface area contributed by atoms with Crippen LogP contribution in [0.25, 0.3) is 11.4 Å². The average Bonchev–Trinajstić information content (AvgIpc) is 3.37. The lowest BCUT2D eigenvalue weighted by Crippen LogP contribution is -2.24. The minimum atomic E-state index is -0.357. The van der Waals surface area contributed by atoms with E-state index in [4.69, 9.17) is 9.26 Å². The van der Waals surface area contributed by atoms with Crippen LogP contribution in [0.2, 0.25) is 0 Å². The van der Waals surface area contributed by atoms with Gasteiger partial charge in [0.05, 0.1) is 17.0 Å². The third kappa shape index (κ3) is 4.53. The van der Waals surface area contributed by atoms with E-state index in [1.165, 1.54) is 6.07 Å². The summed E-state index contributed by atoms with van der Waals surface area (Å²) in [6.07, 6.45) is 1.29. The maximum absolute atomic E-state index is 13.4. The predicted molar refractivity (Wildman–Crippen MR) is 112 cm³/mol. The van der Waals surface area contributed by atoms with Crippen molar-refractivity contribution in [1.29, 1.82) is 0 Å². The minimum absolute atomic E-state index is 0.0515. The zero-order valence-electron chi connectivity index (χ0n) is 16.5. The summed E-state index contributed by atoms with van der Waals surface area (Å²) in [5.74, 6) is 1.16. The number of hydrogen-bond acceptors (Lipinski definition) is 5. The van der Waals surface area contributed by atoms with Crippen LogP contribution in [0, 0.1) is 5.82 Å². The third-order valence-corrected chi connectivity index (χ3v) is 5.56. The molecule has 156 valence electrons. The average molecular weight is 474 g/mol. The molecule has 0 radical (unpaired) electrons. The standard InChI is InChI=1S/C22H21BrFN3O3/c1-2-9-29-17-6-3-14(4-7-17)12-27-13-16(11-20(27)28)22-25-21(26-30-22)15-5-8-19(24)18(23)10-15/h3-8,10,16H,2,9,11-13H2,1H3. The minimum Gasteiger partial charge on any atom is -0.494 e. The molecule has 2 aromatic carbocycles. The number of carbonyl (C=O) groups excluding carboxylic acids is 1. The predicted octanol–water partition coefficient (Wildman–Crippen LogP) is 4.94. The van der Waals surface area contributed by atoms with Crippen LogP contribution in [0.5, 0.6) is 5.75 Å². The number of ether oxygens (including phenoxy) is 1. The van der Waals surface area contributed by atoms with Crippen LogP contribution in [-0.4, -0.2) is 34.1 Å². The van der Waals surface area contributed by atoms with Crippen molar-refractivity contribution in [3.05, 3.63) is 64.2 Å². The van der Waals surface area contributed by atoms with E-state index in [1.807, 2.05) is 24.3 Å².